The number of halogens is 2. The van der Waals surface area contributed by atoms with Crippen LogP contribution in [0.2, 0.25) is 5.02 Å². The van der Waals surface area contributed by atoms with E-state index in [4.69, 9.17) is 11.6 Å². The van der Waals surface area contributed by atoms with Crippen LogP contribution in [-0.2, 0) is 4.79 Å². The fraction of sp³-hybridized carbons (Fsp3) is 0.300. The van der Waals surface area contributed by atoms with Crippen molar-refractivity contribution in [1.29, 1.82) is 0 Å². The predicted octanol–water partition coefficient (Wildman–Crippen LogP) is 3.07. The third kappa shape index (κ3) is 2.70. The van der Waals surface area contributed by atoms with Gasteiger partial charge in [0.25, 0.3) is 0 Å². The highest BCUT2D eigenvalue weighted by Crippen LogP contribution is 2.19. The lowest BCUT2D eigenvalue weighted by molar-refractivity contribution is -0.118. The second-order valence-corrected chi connectivity index (χ2v) is 3.70. The molecule has 0 saturated carbocycles. The molecule has 2 nitrogen and oxygen atoms in total. The Balaban J connectivity index is 2.82. The molecule has 0 heterocycles. The second-order valence-electron chi connectivity index (χ2n) is 3.27. The van der Waals surface area contributed by atoms with Crippen LogP contribution in [0.5, 0.6) is 0 Å². The van der Waals surface area contributed by atoms with Gasteiger partial charge in [0, 0.05) is 10.9 Å². The molecule has 1 aromatic rings. The maximum Gasteiger partial charge on any atom is 0.227 e. The minimum Gasteiger partial charge on any atom is -0.323 e. The molecule has 1 N–H and O–H groups in total. The van der Waals surface area contributed by atoms with Gasteiger partial charge in [0.2, 0.25) is 5.91 Å². The number of rotatable bonds is 2. The predicted molar refractivity (Wildman–Crippen MR) is 54.9 cm³/mol. The smallest absolute Gasteiger partial charge is 0.227 e. The Hall–Kier alpha value is -1.09. The van der Waals surface area contributed by atoms with Gasteiger partial charge in [-0.25, -0.2) is 4.39 Å². The Kier molecular flexibility index (Phi) is 3.47. The molecule has 1 aromatic carbocycles. The van der Waals surface area contributed by atoms with E-state index < -0.39 is 5.82 Å². The van der Waals surface area contributed by atoms with Crippen LogP contribution in [0, 0.1) is 11.7 Å². The van der Waals surface area contributed by atoms with E-state index in [-0.39, 0.29) is 17.5 Å². The molecule has 0 fully saturated rings. The molecule has 76 valence electrons. The van der Waals surface area contributed by atoms with Crippen LogP contribution in [0.4, 0.5) is 10.1 Å². The van der Waals surface area contributed by atoms with Crippen molar-refractivity contribution in [1.82, 2.24) is 0 Å². The Morgan fingerprint density at radius 1 is 1.50 bits per heavy atom. The summed E-state index contributed by atoms with van der Waals surface area (Å²) < 4.78 is 13.2. The van der Waals surface area contributed by atoms with Gasteiger partial charge in [0.15, 0.2) is 0 Å². The highest BCUT2D eigenvalue weighted by atomic mass is 35.5. The van der Waals surface area contributed by atoms with E-state index in [1.807, 2.05) is 0 Å². The van der Waals surface area contributed by atoms with Crippen LogP contribution in [-0.4, -0.2) is 5.91 Å². The van der Waals surface area contributed by atoms with E-state index in [1.165, 1.54) is 12.1 Å². The zero-order valence-electron chi connectivity index (χ0n) is 7.97. The van der Waals surface area contributed by atoms with Gasteiger partial charge in [-0.2, -0.15) is 0 Å². The van der Waals surface area contributed by atoms with Crippen LogP contribution in [0.3, 0.4) is 0 Å². The van der Waals surface area contributed by atoms with E-state index >= 15 is 0 Å². The van der Waals surface area contributed by atoms with Crippen molar-refractivity contribution in [3.8, 4) is 0 Å². The third-order valence-electron chi connectivity index (χ3n) is 1.71. The summed E-state index contributed by atoms with van der Waals surface area (Å²) in [5, 5.41) is 2.77. The molecular formula is C10H11ClFNO. The highest BCUT2D eigenvalue weighted by Gasteiger charge is 2.10. The Bertz CT molecular complexity index is 352. The van der Waals surface area contributed by atoms with Gasteiger partial charge in [-0.15, -0.1) is 0 Å². The summed E-state index contributed by atoms with van der Waals surface area (Å²) in [6, 6.07) is 4.13. The summed E-state index contributed by atoms with van der Waals surface area (Å²) in [7, 11) is 0. The molecule has 1 rings (SSSR count). The van der Waals surface area contributed by atoms with Crippen molar-refractivity contribution >= 4 is 23.2 Å². The van der Waals surface area contributed by atoms with Crippen molar-refractivity contribution in [3.63, 3.8) is 0 Å². The minimum atomic E-state index is -0.522. The van der Waals surface area contributed by atoms with E-state index in [9.17, 15) is 9.18 Å². The molecule has 0 unspecified atom stereocenters. The van der Waals surface area contributed by atoms with Crippen molar-refractivity contribution in [2.75, 3.05) is 5.32 Å². The first-order chi connectivity index (χ1) is 6.50. The number of nitrogens with one attached hydrogen (secondary N) is 1. The van der Waals surface area contributed by atoms with Crippen molar-refractivity contribution in [2.24, 2.45) is 5.92 Å². The fourth-order valence-corrected chi connectivity index (χ4v) is 1.03. The average molecular weight is 216 g/mol. The largest absolute Gasteiger partial charge is 0.323 e. The van der Waals surface area contributed by atoms with Crippen LogP contribution < -0.4 is 5.32 Å². The molecule has 0 bridgehead atoms. The van der Waals surface area contributed by atoms with E-state index in [1.54, 1.807) is 13.8 Å². The van der Waals surface area contributed by atoms with Crippen molar-refractivity contribution in [2.45, 2.75) is 13.8 Å². The summed E-state index contributed by atoms with van der Waals surface area (Å²) >= 11 is 5.56. The molecule has 0 aliphatic carbocycles. The standard InChI is InChI=1S/C10H11ClFNO/c1-6(2)10(14)13-9-4-3-7(11)5-8(9)12/h3-6H,1-2H3,(H,13,14). The van der Waals surface area contributed by atoms with Crippen LogP contribution in [0.25, 0.3) is 0 Å². The maximum absolute atomic E-state index is 13.2. The molecule has 0 spiro atoms. The molecule has 0 aliphatic rings. The second kappa shape index (κ2) is 4.42. The zero-order chi connectivity index (χ0) is 10.7. The molecule has 4 heteroatoms. The van der Waals surface area contributed by atoms with Gasteiger partial charge in [0.1, 0.15) is 5.82 Å². The first kappa shape index (κ1) is 11.0. The molecule has 0 aliphatic heterocycles. The maximum atomic E-state index is 13.2. The molecule has 14 heavy (non-hydrogen) atoms. The lowest BCUT2D eigenvalue weighted by Gasteiger charge is -2.08. The quantitative estimate of drug-likeness (QED) is 0.807. The van der Waals surface area contributed by atoms with Crippen LogP contribution >= 0.6 is 11.6 Å². The molecule has 0 saturated heterocycles. The number of hydrogen-bond donors (Lipinski definition) is 1. The summed E-state index contributed by atoms with van der Waals surface area (Å²) in [6.45, 7) is 3.48. The van der Waals surface area contributed by atoms with Crippen molar-refractivity contribution < 1.29 is 9.18 Å². The average Bonchev–Trinajstić information content (AvgIpc) is 2.09. The van der Waals surface area contributed by atoms with Gasteiger partial charge in [-0.1, -0.05) is 25.4 Å². The minimum absolute atomic E-state index is 0.160. The molecule has 1 amide bonds. The SMILES string of the molecule is CC(C)C(=O)Nc1ccc(Cl)cc1F. The Labute approximate surface area is 87.1 Å². The van der Waals surface area contributed by atoms with Gasteiger partial charge in [-0.3, -0.25) is 4.79 Å². The van der Waals surface area contributed by atoms with Crippen LogP contribution in [0.15, 0.2) is 18.2 Å². The van der Waals surface area contributed by atoms with E-state index in [0.29, 0.717) is 5.02 Å². The number of hydrogen-bond acceptors (Lipinski definition) is 1. The lowest BCUT2D eigenvalue weighted by atomic mass is 10.2. The molecule has 0 atom stereocenters. The van der Waals surface area contributed by atoms with Gasteiger partial charge in [0.05, 0.1) is 5.69 Å². The summed E-state index contributed by atoms with van der Waals surface area (Å²) in [5.41, 5.74) is 0.160. The first-order valence-electron chi connectivity index (χ1n) is 4.26. The number of carbonyl (C=O) groups excluding carboxylic acids is 1. The van der Waals surface area contributed by atoms with Crippen LogP contribution in [0.1, 0.15) is 13.8 Å². The van der Waals surface area contributed by atoms with E-state index in [0.717, 1.165) is 6.07 Å². The van der Waals surface area contributed by atoms with E-state index in [2.05, 4.69) is 5.32 Å². The summed E-state index contributed by atoms with van der Waals surface area (Å²) in [4.78, 5) is 11.2. The van der Waals surface area contributed by atoms with Gasteiger partial charge in [-0.05, 0) is 18.2 Å². The monoisotopic (exact) mass is 215 g/mol. The normalized spacial score (nSPS) is 10.4. The molecule has 0 radical (unpaired) electrons. The Morgan fingerprint density at radius 3 is 2.64 bits per heavy atom. The summed E-state index contributed by atoms with van der Waals surface area (Å²) in [5.74, 6) is -0.914. The van der Waals surface area contributed by atoms with Gasteiger partial charge >= 0.3 is 0 Å². The Morgan fingerprint density at radius 2 is 2.14 bits per heavy atom. The topological polar surface area (TPSA) is 29.1 Å². The summed E-state index contributed by atoms with van der Waals surface area (Å²) in [6.07, 6.45) is 0. The lowest BCUT2D eigenvalue weighted by Crippen LogP contribution is -2.18. The third-order valence-corrected chi connectivity index (χ3v) is 1.95. The number of anilines is 1. The zero-order valence-corrected chi connectivity index (χ0v) is 8.73. The molecule has 0 aromatic heterocycles. The first-order valence-corrected chi connectivity index (χ1v) is 4.64. The highest BCUT2D eigenvalue weighted by molar-refractivity contribution is 6.30. The number of benzene rings is 1. The van der Waals surface area contributed by atoms with Gasteiger partial charge < -0.3 is 5.32 Å². The van der Waals surface area contributed by atoms with Crippen molar-refractivity contribution in [3.05, 3.63) is 29.0 Å². The fourth-order valence-electron chi connectivity index (χ4n) is 0.868. The molecular weight excluding hydrogens is 205 g/mol. The number of amides is 1. The number of carbonyl (C=O) groups is 1.